The number of nitrogens with zero attached hydrogens (tertiary/aromatic N) is 4. The summed E-state index contributed by atoms with van der Waals surface area (Å²) in [5.74, 6) is 2.29. The van der Waals surface area contributed by atoms with Gasteiger partial charge in [0.05, 0.1) is 6.54 Å². The van der Waals surface area contributed by atoms with Crippen molar-refractivity contribution in [3.63, 3.8) is 0 Å². The Kier molecular flexibility index (Phi) is 9.05. The van der Waals surface area contributed by atoms with E-state index in [1.165, 1.54) is 4.88 Å². The number of hydrogen-bond acceptors (Lipinski definition) is 6. The molecule has 0 bridgehead atoms. The van der Waals surface area contributed by atoms with Crippen molar-refractivity contribution in [3.8, 4) is 0 Å². The van der Waals surface area contributed by atoms with E-state index in [4.69, 9.17) is 0 Å². The maximum absolute atomic E-state index is 10.8. The molecule has 3 heterocycles. The van der Waals surface area contributed by atoms with Gasteiger partial charge in [0.25, 0.3) is 0 Å². The lowest BCUT2D eigenvalue weighted by molar-refractivity contribution is 0.0621. The topological polar surface area (TPSA) is 87.4 Å². The molecule has 10 heteroatoms. The van der Waals surface area contributed by atoms with E-state index in [0.717, 1.165) is 30.2 Å². The molecular weight excluding hydrogens is 519 g/mol. The third-order valence-electron chi connectivity index (χ3n) is 4.55. The Morgan fingerprint density at radius 1 is 1.28 bits per heavy atom. The smallest absolute Gasteiger partial charge is 0.191 e. The van der Waals surface area contributed by atoms with Gasteiger partial charge >= 0.3 is 0 Å². The van der Waals surface area contributed by atoms with E-state index in [0.29, 0.717) is 19.0 Å². The number of aromatic nitrogens is 3. The summed E-state index contributed by atoms with van der Waals surface area (Å²) in [5, 5.41) is 31.6. The van der Waals surface area contributed by atoms with Crippen molar-refractivity contribution < 1.29 is 5.11 Å². The predicted molar refractivity (Wildman–Crippen MR) is 130 cm³/mol. The molecule has 0 saturated heterocycles. The maximum atomic E-state index is 10.8. The summed E-state index contributed by atoms with van der Waals surface area (Å²) in [6, 6.07) is 6.12. The molecule has 3 N–H and O–H groups in total. The fourth-order valence-corrected chi connectivity index (χ4v) is 4.09. The highest BCUT2D eigenvalue weighted by Crippen LogP contribution is 2.21. The van der Waals surface area contributed by atoms with Gasteiger partial charge in [-0.2, -0.15) is 11.3 Å². The highest BCUT2D eigenvalue weighted by atomic mass is 127. The number of nitrogens with one attached hydrogen (secondary N) is 2. The Labute approximate surface area is 196 Å². The van der Waals surface area contributed by atoms with Crippen molar-refractivity contribution in [2.75, 3.05) is 13.1 Å². The van der Waals surface area contributed by atoms with Crippen LogP contribution in [0, 0.1) is 6.92 Å². The lowest BCUT2D eigenvalue weighted by Gasteiger charge is -2.24. The van der Waals surface area contributed by atoms with E-state index in [1.807, 2.05) is 35.4 Å². The minimum atomic E-state index is -0.975. The minimum Gasteiger partial charge on any atom is -0.384 e. The molecular formula is C19H27IN6OS2. The number of aryl methyl sites for hydroxylation is 1. The Morgan fingerprint density at radius 2 is 2.10 bits per heavy atom. The highest BCUT2D eigenvalue weighted by molar-refractivity contribution is 14.0. The van der Waals surface area contributed by atoms with Gasteiger partial charge in [0.2, 0.25) is 0 Å². The van der Waals surface area contributed by atoms with Crippen molar-refractivity contribution in [2.24, 2.45) is 12.0 Å². The molecule has 0 aromatic carbocycles. The third kappa shape index (κ3) is 6.76. The lowest BCUT2D eigenvalue weighted by atomic mass is 9.99. The Morgan fingerprint density at radius 3 is 2.72 bits per heavy atom. The number of aliphatic hydroxyl groups is 1. The number of hydrogen-bond donors (Lipinski definition) is 3. The van der Waals surface area contributed by atoms with Crippen LogP contribution in [0.5, 0.6) is 0 Å². The van der Waals surface area contributed by atoms with Crippen LogP contribution in [0.1, 0.15) is 29.0 Å². The van der Waals surface area contributed by atoms with E-state index in [1.54, 1.807) is 29.6 Å². The highest BCUT2D eigenvalue weighted by Gasteiger charge is 2.23. The minimum absolute atomic E-state index is 0. The lowest BCUT2D eigenvalue weighted by Crippen LogP contribution is -2.45. The van der Waals surface area contributed by atoms with Crippen LogP contribution in [0.3, 0.4) is 0 Å². The summed E-state index contributed by atoms with van der Waals surface area (Å²) in [7, 11) is 1.93. The van der Waals surface area contributed by atoms with Crippen LogP contribution < -0.4 is 10.6 Å². The van der Waals surface area contributed by atoms with E-state index in [-0.39, 0.29) is 24.0 Å². The molecule has 0 spiro atoms. The van der Waals surface area contributed by atoms with Crippen molar-refractivity contribution in [1.82, 2.24) is 25.4 Å². The van der Waals surface area contributed by atoms with Crippen molar-refractivity contribution >= 4 is 52.6 Å². The first-order valence-corrected chi connectivity index (χ1v) is 10.9. The zero-order valence-corrected chi connectivity index (χ0v) is 20.7. The molecule has 0 aliphatic rings. The SMILES string of the molecule is Cc1nnc(CN=C(NCCc2cccs2)NCC(C)(O)c2ccsc2)n1C.I. The summed E-state index contributed by atoms with van der Waals surface area (Å²) >= 11 is 3.32. The molecule has 29 heavy (non-hydrogen) atoms. The van der Waals surface area contributed by atoms with Crippen molar-refractivity contribution in [1.29, 1.82) is 0 Å². The number of guanidine groups is 1. The summed E-state index contributed by atoms with van der Waals surface area (Å²) in [6.07, 6.45) is 0.919. The molecule has 0 amide bonds. The van der Waals surface area contributed by atoms with Crippen LogP contribution in [0.15, 0.2) is 39.3 Å². The van der Waals surface area contributed by atoms with E-state index in [2.05, 4.69) is 43.3 Å². The normalized spacial score (nSPS) is 13.6. The Hall–Kier alpha value is -1.50. The van der Waals surface area contributed by atoms with Gasteiger partial charge in [-0.25, -0.2) is 4.99 Å². The van der Waals surface area contributed by atoms with Crippen LogP contribution in [-0.4, -0.2) is 38.9 Å². The second-order valence-electron chi connectivity index (χ2n) is 6.78. The first kappa shape index (κ1) is 23.8. The van der Waals surface area contributed by atoms with Crippen LogP contribution in [-0.2, 0) is 25.6 Å². The molecule has 0 saturated carbocycles. The molecule has 3 rings (SSSR count). The Bertz CT molecular complexity index is 890. The van der Waals surface area contributed by atoms with Crippen LogP contribution >= 0.6 is 46.7 Å². The largest absolute Gasteiger partial charge is 0.384 e. The monoisotopic (exact) mass is 546 g/mol. The zero-order chi connectivity index (χ0) is 20.0. The standard InChI is InChI=1S/C19H26N6OS2.HI/c1-14-23-24-17(25(14)3)11-21-18(20-8-6-16-5-4-9-28-16)22-13-19(2,26)15-7-10-27-12-15;/h4-5,7,9-10,12,26H,6,8,11,13H2,1-3H3,(H2,20,21,22);1H. The molecule has 0 aliphatic heterocycles. The predicted octanol–water partition coefficient (Wildman–Crippen LogP) is 3.05. The average molecular weight is 547 g/mol. The molecule has 1 atom stereocenters. The van der Waals surface area contributed by atoms with Crippen molar-refractivity contribution in [3.05, 3.63) is 56.4 Å². The quantitative estimate of drug-likeness (QED) is 0.230. The van der Waals surface area contributed by atoms with E-state index < -0.39 is 5.60 Å². The average Bonchev–Trinajstić information content (AvgIpc) is 3.42. The molecule has 158 valence electrons. The molecule has 3 aromatic rings. The molecule has 0 aliphatic carbocycles. The van der Waals surface area contributed by atoms with Gasteiger partial charge in [0.1, 0.15) is 18.0 Å². The van der Waals surface area contributed by atoms with Crippen LogP contribution in [0.4, 0.5) is 0 Å². The number of aliphatic imine (C=N–C) groups is 1. The van der Waals surface area contributed by atoms with E-state index >= 15 is 0 Å². The van der Waals surface area contributed by atoms with Gasteiger partial charge in [-0.3, -0.25) is 0 Å². The van der Waals surface area contributed by atoms with Gasteiger partial charge < -0.3 is 20.3 Å². The molecule has 7 nitrogen and oxygen atoms in total. The van der Waals surface area contributed by atoms with Gasteiger partial charge in [0, 0.05) is 18.5 Å². The number of rotatable bonds is 8. The van der Waals surface area contributed by atoms with Crippen molar-refractivity contribution in [2.45, 2.75) is 32.4 Å². The zero-order valence-electron chi connectivity index (χ0n) is 16.8. The van der Waals surface area contributed by atoms with E-state index in [9.17, 15) is 5.11 Å². The van der Waals surface area contributed by atoms with Gasteiger partial charge in [-0.15, -0.1) is 45.5 Å². The third-order valence-corrected chi connectivity index (χ3v) is 6.17. The molecule has 3 aromatic heterocycles. The summed E-state index contributed by atoms with van der Waals surface area (Å²) in [6.45, 7) is 5.23. The first-order valence-electron chi connectivity index (χ1n) is 9.10. The fourth-order valence-electron chi connectivity index (χ4n) is 2.60. The Balaban J connectivity index is 0.00000300. The number of thiophene rings is 2. The molecule has 0 fully saturated rings. The second kappa shape index (κ2) is 11.0. The van der Waals surface area contributed by atoms with Gasteiger partial charge in [0.15, 0.2) is 11.8 Å². The first-order chi connectivity index (χ1) is 13.5. The summed E-state index contributed by atoms with van der Waals surface area (Å²) < 4.78 is 1.92. The van der Waals surface area contributed by atoms with Gasteiger partial charge in [-0.05, 0) is 54.1 Å². The van der Waals surface area contributed by atoms with Crippen LogP contribution in [0.2, 0.25) is 0 Å². The fraction of sp³-hybridized carbons (Fsp3) is 0.421. The second-order valence-corrected chi connectivity index (χ2v) is 8.60. The van der Waals surface area contributed by atoms with Gasteiger partial charge in [-0.1, -0.05) is 6.07 Å². The molecule has 0 radical (unpaired) electrons. The summed E-state index contributed by atoms with van der Waals surface area (Å²) in [5.41, 5.74) is -0.0794. The number of halogens is 1. The molecule has 1 unspecified atom stereocenters. The summed E-state index contributed by atoms with van der Waals surface area (Å²) in [4.78, 5) is 5.96. The van der Waals surface area contributed by atoms with Crippen LogP contribution in [0.25, 0.3) is 0 Å². The maximum Gasteiger partial charge on any atom is 0.191 e.